The smallest absolute Gasteiger partial charge is 0.211 e. The number of benzene rings is 2. The highest BCUT2D eigenvalue weighted by molar-refractivity contribution is 5.82. The van der Waals surface area contributed by atoms with E-state index in [9.17, 15) is 22.4 Å². The quantitative estimate of drug-likeness (QED) is 0.445. The minimum absolute atomic E-state index is 0.165. The Balaban J connectivity index is 2.93. The van der Waals surface area contributed by atoms with Crippen molar-refractivity contribution in [2.24, 2.45) is 4.99 Å². The molecule has 0 fully saturated rings. The van der Waals surface area contributed by atoms with Gasteiger partial charge in [0.1, 0.15) is 11.4 Å². The molecule has 0 aromatic heterocycles. The summed E-state index contributed by atoms with van der Waals surface area (Å²) in [5.41, 5.74) is -1.49. The van der Waals surface area contributed by atoms with E-state index in [0.29, 0.717) is 11.6 Å². The van der Waals surface area contributed by atoms with Crippen LogP contribution in [0.25, 0.3) is 11.1 Å². The first-order chi connectivity index (χ1) is 9.86. The van der Waals surface area contributed by atoms with Crippen LogP contribution in [0, 0.1) is 12.7 Å². The van der Waals surface area contributed by atoms with Gasteiger partial charge in [0.2, 0.25) is 6.08 Å². The summed E-state index contributed by atoms with van der Waals surface area (Å²) in [4.78, 5) is 13.7. The molecule has 2 nitrogen and oxygen atoms in total. The van der Waals surface area contributed by atoms with Crippen LogP contribution in [0.2, 0.25) is 0 Å². The van der Waals surface area contributed by atoms with Crippen molar-refractivity contribution in [1.29, 1.82) is 0 Å². The molecular weight excluding hydrogens is 286 g/mol. The molecule has 0 heterocycles. The zero-order chi connectivity index (χ0) is 15.6. The fourth-order valence-electron chi connectivity index (χ4n) is 2.11. The SMILES string of the molecule is Cc1ccccc1-c1c(N=C=O)ccc(F)c1C(F)(F)F. The van der Waals surface area contributed by atoms with Crippen LogP contribution in [0.5, 0.6) is 0 Å². The van der Waals surface area contributed by atoms with E-state index in [-0.39, 0.29) is 11.3 Å². The van der Waals surface area contributed by atoms with E-state index in [0.717, 1.165) is 6.07 Å². The zero-order valence-electron chi connectivity index (χ0n) is 10.8. The molecular formula is C15H9F4NO. The summed E-state index contributed by atoms with van der Waals surface area (Å²) >= 11 is 0. The lowest BCUT2D eigenvalue weighted by Crippen LogP contribution is -2.11. The molecule has 0 radical (unpaired) electrons. The lowest BCUT2D eigenvalue weighted by atomic mass is 9.93. The summed E-state index contributed by atoms with van der Waals surface area (Å²) in [6.07, 6.45) is -3.71. The number of rotatable bonds is 2. The topological polar surface area (TPSA) is 29.4 Å². The van der Waals surface area contributed by atoms with Crippen molar-refractivity contribution in [1.82, 2.24) is 0 Å². The second kappa shape index (κ2) is 5.50. The maximum atomic E-state index is 13.7. The van der Waals surface area contributed by atoms with E-state index in [2.05, 4.69) is 4.99 Å². The molecule has 0 unspecified atom stereocenters. The van der Waals surface area contributed by atoms with Gasteiger partial charge in [-0.25, -0.2) is 9.18 Å². The van der Waals surface area contributed by atoms with Gasteiger partial charge in [0.15, 0.2) is 0 Å². The molecule has 0 bridgehead atoms. The fraction of sp³-hybridized carbons (Fsp3) is 0.133. The van der Waals surface area contributed by atoms with Crippen molar-refractivity contribution in [2.75, 3.05) is 0 Å². The van der Waals surface area contributed by atoms with Gasteiger partial charge in [-0.2, -0.15) is 18.2 Å². The molecule has 0 aliphatic rings. The minimum atomic E-state index is -4.91. The monoisotopic (exact) mass is 295 g/mol. The van der Waals surface area contributed by atoms with Gasteiger partial charge in [-0.15, -0.1) is 0 Å². The second-order valence-corrected chi connectivity index (χ2v) is 4.33. The van der Waals surface area contributed by atoms with Crippen LogP contribution in [0.4, 0.5) is 23.2 Å². The zero-order valence-corrected chi connectivity index (χ0v) is 10.8. The van der Waals surface area contributed by atoms with Crippen LogP contribution >= 0.6 is 0 Å². The number of hydrogen-bond donors (Lipinski definition) is 0. The number of isocyanates is 1. The Morgan fingerprint density at radius 1 is 1.10 bits per heavy atom. The summed E-state index contributed by atoms with van der Waals surface area (Å²) in [5.74, 6) is -1.41. The first-order valence-corrected chi connectivity index (χ1v) is 5.90. The molecule has 0 aliphatic carbocycles. The highest BCUT2D eigenvalue weighted by Gasteiger charge is 2.38. The largest absolute Gasteiger partial charge is 0.419 e. The molecule has 0 atom stereocenters. The number of carbonyl (C=O) groups excluding carboxylic acids is 1. The lowest BCUT2D eigenvalue weighted by molar-refractivity contribution is -0.139. The van der Waals surface area contributed by atoms with Crippen molar-refractivity contribution in [3.63, 3.8) is 0 Å². The molecule has 2 aromatic carbocycles. The van der Waals surface area contributed by atoms with Crippen LogP contribution in [0.3, 0.4) is 0 Å². The Bertz CT molecular complexity index is 731. The third-order valence-corrected chi connectivity index (χ3v) is 3.00. The van der Waals surface area contributed by atoms with Gasteiger partial charge in [0.25, 0.3) is 0 Å². The van der Waals surface area contributed by atoms with Gasteiger partial charge < -0.3 is 0 Å². The highest BCUT2D eigenvalue weighted by Crippen LogP contribution is 2.44. The van der Waals surface area contributed by atoms with Gasteiger partial charge in [-0.3, -0.25) is 0 Å². The van der Waals surface area contributed by atoms with Crippen molar-refractivity contribution >= 4 is 11.8 Å². The van der Waals surface area contributed by atoms with Crippen LogP contribution in [-0.2, 0) is 11.0 Å². The fourth-order valence-corrected chi connectivity index (χ4v) is 2.11. The highest BCUT2D eigenvalue weighted by atomic mass is 19.4. The maximum absolute atomic E-state index is 13.7. The third kappa shape index (κ3) is 2.85. The van der Waals surface area contributed by atoms with Crippen molar-refractivity contribution in [3.8, 4) is 11.1 Å². The predicted molar refractivity (Wildman–Crippen MR) is 69.4 cm³/mol. The summed E-state index contributed by atoms with van der Waals surface area (Å²) < 4.78 is 53.2. The normalized spacial score (nSPS) is 11.1. The predicted octanol–water partition coefficient (Wildman–Crippen LogP) is 4.79. The molecule has 108 valence electrons. The summed E-state index contributed by atoms with van der Waals surface area (Å²) in [6.45, 7) is 1.59. The van der Waals surface area contributed by atoms with Crippen LogP contribution < -0.4 is 0 Å². The average Bonchev–Trinajstić information content (AvgIpc) is 2.40. The number of aryl methyl sites for hydroxylation is 1. The number of alkyl halides is 3. The molecule has 0 spiro atoms. The van der Waals surface area contributed by atoms with Gasteiger partial charge in [0, 0.05) is 5.56 Å². The molecule has 0 amide bonds. The Kier molecular flexibility index (Phi) is 3.91. The number of nitrogens with zero attached hydrogens (tertiary/aromatic N) is 1. The van der Waals surface area contributed by atoms with E-state index in [4.69, 9.17) is 0 Å². The number of aliphatic imine (C=N–C) groups is 1. The van der Waals surface area contributed by atoms with Crippen LogP contribution in [0.1, 0.15) is 11.1 Å². The molecule has 2 aromatic rings. The van der Waals surface area contributed by atoms with E-state index < -0.39 is 23.1 Å². The van der Waals surface area contributed by atoms with Crippen molar-refractivity contribution in [3.05, 3.63) is 53.3 Å². The molecule has 0 saturated carbocycles. The third-order valence-electron chi connectivity index (χ3n) is 3.00. The molecule has 0 N–H and O–H groups in total. The van der Waals surface area contributed by atoms with E-state index in [1.54, 1.807) is 19.1 Å². The van der Waals surface area contributed by atoms with Gasteiger partial charge in [0.05, 0.1) is 5.69 Å². The summed E-state index contributed by atoms with van der Waals surface area (Å²) in [7, 11) is 0. The maximum Gasteiger partial charge on any atom is 0.419 e. The van der Waals surface area contributed by atoms with Gasteiger partial charge in [-0.1, -0.05) is 24.3 Å². The first kappa shape index (κ1) is 14.9. The first-order valence-electron chi connectivity index (χ1n) is 5.90. The molecule has 6 heteroatoms. The van der Waals surface area contributed by atoms with Crippen molar-refractivity contribution in [2.45, 2.75) is 13.1 Å². The molecule has 2 rings (SSSR count). The summed E-state index contributed by atoms with van der Waals surface area (Å²) in [5, 5.41) is 0. The lowest BCUT2D eigenvalue weighted by Gasteiger charge is -2.17. The Morgan fingerprint density at radius 2 is 1.76 bits per heavy atom. The Morgan fingerprint density at radius 3 is 2.33 bits per heavy atom. The average molecular weight is 295 g/mol. The van der Waals surface area contributed by atoms with Crippen LogP contribution in [-0.4, -0.2) is 6.08 Å². The molecule has 21 heavy (non-hydrogen) atoms. The molecule has 0 aliphatic heterocycles. The molecule has 0 saturated heterocycles. The minimum Gasteiger partial charge on any atom is -0.211 e. The Hall–Kier alpha value is -2.46. The van der Waals surface area contributed by atoms with Gasteiger partial charge in [-0.05, 0) is 30.2 Å². The second-order valence-electron chi connectivity index (χ2n) is 4.33. The Labute approximate surface area is 117 Å². The van der Waals surface area contributed by atoms with E-state index in [1.165, 1.54) is 18.2 Å². The number of halogens is 4. The summed E-state index contributed by atoms with van der Waals surface area (Å²) in [6, 6.07) is 7.85. The van der Waals surface area contributed by atoms with E-state index in [1.807, 2.05) is 0 Å². The van der Waals surface area contributed by atoms with Gasteiger partial charge >= 0.3 is 6.18 Å². The standard InChI is InChI=1S/C15H9F4NO/c1-9-4-2-3-5-10(9)13-12(20-8-21)7-6-11(16)14(13)15(17,18)19/h2-7H,1H3. The van der Waals surface area contributed by atoms with Crippen LogP contribution in [0.15, 0.2) is 41.4 Å². The van der Waals surface area contributed by atoms with E-state index >= 15 is 0 Å². The number of hydrogen-bond acceptors (Lipinski definition) is 2. The van der Waals surface area contributed by atoms with Crippen molar-refractivity contribution < 1.29 is 22.4 Å².